The third kappa shape index (κ3) is 4.87. The minimum absolute atomic E-state index is 0.0249. The number of halogens is 7. The second-order valence-corrected chi connectivity index (χ2v) is 10.2. The smallest absolute Gasteiger partial charge is 0.417 e. The monoisotopic (exact) mass is 591 g/mol. The molecule has 38 heavy (non-hydrogen) atoms. The van der Waals surface area contributed by atoms with Crippen LogP contribution in [0.4, 0.5) is 17.6 Å². The predicted octanol–water partition coefficient (Wildman–Crippen LogP) is 6.37. The van der Waals surface area contributed by atoms with Gasteiger partial charge in [-0.15, -0.1) is 0 Å². The molecule has 1 aromatic carbocycles. The first-order valence-corrected chi connectivity index (χ1v) is 12.1. The zero-order chi connectivity index (χ0) is 27.6. The fourth-order valence-corrected chi connectivity index (χ4v) is 4.87. The van der Waals surface area contributed by atoms with Crippen LogP contribution in [0, 0.1) is 0 Å². The van der Waals surface area contributed by atoms with Crippen LogP contribution in [-0.2, 0) is 11.0 Å². The first-order chi connectivity index (χ1) is 17.7. The lowest BCUT2D eigenvalue weighted by Gasteiger charge is -2.37. The maximum absolute atomic E-state index is 14.6. The standard InChI is InChI=1S/C23H16Cl3F4N5O3/c1-22(27)6-11(8-34(2)21(22)36)37-17-5-13(24)12(4-14(17)25)18-32-20(38-33-18)16-9-35-7-10(23(28,29)30)3-15(26)19(35)31-16/h3-5,7,9,11H,6,8H2,1-2H3/t11-,22?/m1/s1. The Morgan fingerprint density at radius 1 is 1.11 bits per heavy atom. The van der Waals surface area contributed by atoms with E-state index in [-0.39, 0.29) is 62.4 Å². The average molecular weight is 593 g/mol. The Hall–Kier alpha value is -3.09. The van der Waals surface area contributed by atoms with Crippen LogP contribution in [0.3, 0.4) is 0 Å². The Morgan fingerprint density at radius 2 is 1.84 bits per heavy atom. The van der Waals surface area contributed by atoms with Crippen LogP contribution in [-0.4, -0.2) is 55.7 Å². The van der Waals surface area contributed by atoms with Gasteiger partial charge in [-0.1, -0.05) is 40.0 Å². The number of likely N-dealkylation sites (tertiary alicyclic amines) is 1. The molecule has 0 N–H and O–H groups in total. The molecule has 1 amide bonds. The summed E-state index contributed by atoms with van der Waals surface area (Å²) in [4.78, 5) is 21.6. The zero-order valence-corrected chi connectivity index (χ0v) is 21.8. The molecule has 8 nitrogen and oxygen atoms in total. The number of hydrogen-bond acceptors (Lipinski definition) is 6. The van der Waals surface area contributed by atoms with E-state index in [4.69, 9.17) is 44.1 Å². The number of rotatable bonds is 4. The Bertz CT molecular complexity index is 1570. The van der Waals surface area contributed by atoms with Crippen molar-refractivity contribution in [3.05, 3.63) is 51.2 Å². The molecule has 1 saturated heterocycles. The third-order valence-electron chi connectivity index (χ3n) is 5.92. The van der Waals surface area contributed by atoms with Crippen molar-refractivity contribution in [2.45, 2.75) is 31.3 Å². The molecule has 4 aromatic rings. The SMILES string of the molecule is CN1C[C@H](Oc2cc(Cl)c(-c3noc(-c4cn5cc(C(F)(F)F)cc(Cl)c5n4)n3)cc2Cl)CC(C)(F)C1=O. The molecular weight excluding hydrogens is 577 g/mol. The van der Waals surface area contributed by atoms with Gasteiger partial charge in [0.1, 0.15) is 17.5 Å². The molecule has 0 radical (unpaired) electrons. The number of likely N-dealkylation sites (N-methyl/N-ethyl adjacent to an activating group) is 1. The molecule has 1 unspecified atom stereocenters. The van der Waals surface area contributed by atoms with Gasteiger partial charge < -0.3 is 18.6 Å². The number of carbonyl (C=O) groups is 1. The van der Waals surface area contributed by atoms with E-state index in [1.54, 1.807) is 0 Å². The highest BCUT2D eigenvalue weighted by Gasteiger charge is 2.44. The number of fused-ring (bicyclic) bond motifs is 1. The minimum atomic E-state index is -4.60. The number of hydrogen-bond donors (Lipinski definition) is 0. The van der Waals surface area contributed by atoms with Crippen LogP contribution in [0.1, 0.15) is 18.9 Å². The molecule has 1 aliphatic rings. The highest BCUT2D eigenvalue weighted by molar-refractivity contribution is 6.36. The number of aromatic nitrogens is 4. The van der Waals surface area contributed by atoms with Gasteiger partial charge in [-0.3, -0.25) is 4.79 Å². The predicted molar refractivity (Wildman–Crippen MR) is 130 cm³/mol. The lowest BCUT2D eigenvalue weighted by Crippen LogP contribution is -2.54. The molecule has 0 spiro atoms. The number of pyridine rings is 1. The number of piperidine rings is 1. The Labute approximate surface area is 227 Å². The topological polar surface area (TPSA) is 85.8 Å². The van der Waals surface area contributed by atoms with Gasteiger partial charge in [-0.25, -0.2) is 9.37 Å². The molecule has 200 valence electrons. The highest BCUT2D eigenvalue weighted by atomic mass is 35.5. The summed E-state index contributed by atoms with van der Waals surface area (Å²) in [6.45, 7) is 1.36. The molecule has 15 heteroatoms. The van der Waals surface area contributed by atoms with Gasteiger partial charge >= 0.3 is 6.18 Å². The van der Waals surface area contributed by atoms with Gasteiger partial charge in [-0.2, -0.15) is 18.2 Å². The number of ether oxygens (including phenoxy) is 1. The van der Waals surface area contributed by atoms with Gasteiger partial charge in [0.15, 0.2) is 11.3 Å². The van der Waals surface area contributed by atoms with Crippen LogP contribution in [0.2, 0.25) is 15.1 Å². The van der Waals surface area contributed by atoms with Crippen molar-refractivity contribution < 1.29 is 31.6 Å². The molecule has 5 rings (SSSR count). The zero-order valence-electron chi connectivity index (χ0n) is 19.5. The van der Waals surface area contributed by atoms with Crippen molar-refractivity contribution in [1.29, 1.82) is 0 Å². The molecule has 0 aliphatic carbocycles. The molecule has 2 atom stereocenters. The van der Waals surface area contributed by atoms with E-state index in [9.17, 15) is 22.4 Å². The van der Waals surface area contributed by atoms with E-state index in [1.165, 1.54) is 37.2 Å². The highest BCUT2D eigenvalue weighted by Crippen LogP contribution is 2.39. The summed E-state index contributed by atoms with van der Waals surface area (Å²) in [5.74, 6) is -0.531. The van der Waals surface area contributed by atoms with Crippen molar-refractivity contribution in [3.63, 3.8) is 0 Å². The maximum Gasteiger partial charge on any atom is 0.417 e. The van der Waals surface area contributed by atoms with Gasteiger partial charge in [0.25, 0.3) is 11.8 Å². The van der Waals surface area contributed by atoms with E-state index < -0.39 is 29.4 Å². The van der Waals surface area contributed by atoms with Gasteiger partial charge in [-0.05, 0) is 19.1 Å². The molecule has 1 fully saturated rings. The fourth-order valence-electron chi connectivity index (χ4n) is 4.17. The number of nitrogens with zero attached hydrogens (tertiary/aromatic N) is 5. The second kappa shape index (κ2) is 9.28. The Balaban J connectivity index is 1.41. The first-order valence-electron chi connectivity index (χ1n) is 10.9. The summed E-state index contributed by atoms with van der Waals surface area (Å²) >= 11 is 18.8. The lowest BCUT2D eigenvalue weighted by atomic mass is 9.94. The van der Waals surface area contributed by atoms with E-state index >= 15 is 0 Å². The van der Waals surface area contributed by atoms with Crippen LogP contribution in [0.15, 0.2) is 35.1 Å². The molecule has 0 bridgehead atoms. The molecule has 1 aliphatic heterocycles. The molecule has 0 saturated carbocycles. The third-order valence-corrected chi connectivity index (χ3v) is 6.80. The lowest BCUT2D eigenvalue weighted by molar-refractivity contribution is -0.150. The molecule has 3 aromatic heterocycles. The van der Waals surface area contributed by atoms with E-state index in [2.05, 4.69) is 15.1 Å². The largest absolute Gasteiger partial charge is 0.487 e. The number of carbonyl (C=O) groups excluding carboxylic acids is 1. The number of alkyl halides is 4. The fraction of sp³-hybridized carbons (Fsp3) is 0.304. The Kier molecular flexibility index (Phi) is 6.48. The summed E-state index contributed by atoms with van der Waals surface area (Å²) in [6, 6.07) is 3.61. The van der Waals surface area contributed by atoms with E-state index in [0.29, 0.717) is 0 Å². The second-order valence-electron chi connectivity index (χ2n) is 8.94. The van der Waals surface area contributed by atoms with Crippen molar-refractivity contribution in [3.8, 4) is 28.7 Å². The van der Waals surface area contributed by atoms with Crippen LogP contribution < -0.4 is 4.74 Å². The number of amides is 1. The van der Waals surface area contributed by atoms with Crippen LogP contribution >= 0.6 is 34.8 Å². The number of benzene rings is 1. The Morgan fingerprint density at radius 3 is 2.53 bits per heavy atom. The summed E-state index contributed by atoms with van der Waals surface area (Å²) in [7, 11) is 1.48. The molecular formula is C23H16Cl3F4N5O3. The summed E-state index contributed by atoms with van der Waals surface area (Å²) < 4.78 is 66.2. The van der Waals surface area contributed by atoms with E-state index in [1.807, 2.05) is 0 Å². The van der Waals surface area contributed by atoms with Crippen molar-refractivity contribution in [2.24, 2.45) is 0 Å². The van der Waals surface area contributed by atoms with E-state index in [0.717, 1.165) is 16.7 Å². The van der Waals surface area contributed by atoms with Gasteiger partial charge in [0.05, 0.1) is 27.2 Å². The quantitative estimate of drug-likeness (QED) is 0.256. The van der Waals surface area contributed by atoms with Crippen molar-refractivity contribution in [1.82, 2.24) is 24.4 Å². The summed E-state index contributed by atoms with van der Waals surface area (Å²) in [6.07, 6.45) is -3.31. The van der Waals surface area contributed by atoms with Crippen LogP contribution in [0.5, 0.6) is 5.75 Å². The van der Waals surface area contributed by atoms with Crippen molar-refractivity contribution in [2.75, 3.05) is 13.6 Å². The maximum atomic E-state index is 14.6. The number of imidazole rings is 1. The summed E-state index contributed by atoms with van der Waals surface area (Å²) in [5, 5.41) is 3.91. The normalized spacial score (nSPS) is 20.4. The van der Waals surface area contributed by atoms with Gasteiger partial charge in [0, 0.05) is 37.5 Å². The van der Waals surface area contributed by atoms with Gasteiger partial charge in [0.2, 0.25) is 5.82 Å². The first kappa shape index (κ1) is 26.5. The van der Waals surface area contributed by atoms with Crippen molar-refractivity contribution >= 4 is 46.4 Å². The average Bonchev–Trinajstić information content (AvgIpc) is 3.46. The minimum Gasteiger partial charge on any atom is -0.487 e. The molecule has 4 heterocycles. The van der Waals surface area contributed by atoms with Crippen LogP contribution in [0.25, 0.3) is 28.6 Å². The summed E-state index contributed by atoms with van der Waals surface area (Å²) in [5.41, 5.74) is -2.61.